The minimum absolute atomic E-state index is 0.0310. The first-order valence-electron chi connectivity index (χ1n) is 4.59. The quantitative estimate of drug-likeness (QED) is 0.608. The molecule has 0 aromatic carbocycles. The minimum Gasteiger partial charge on any atom is -0.383 e. The summed E-state index contributed by atoms with van der Waals surface area (Å²) < 4.78 is 4.76. The summed E-state index contributed by atoms with van der Waals surface area (Å²) in [5.74, 6) is -0.442. The van der Waals surface area contributed by atoms with Gasteiger partial charge in [0.1, 0.15) is 6.04 Å². The predicted molar refractivity (Wildman–Crippen MR) is 56.2 cm³/mol. The van der Waals surface area contributed by atoms with Crippen LogP contribution in [0, 0.1) is 0 Å². The minimum atomic E-state index is -0.713. The van der Waals surface area contributed by atoms with Crippen LogP contribution in [0.5, 0.6) is 0 Å². The summed E-state index contributed by atoms with van der Waals surface area (Å²) in [6.45, 7) is 0.183. The van der Waals surface area contributed by atoms with Crippen LogP contribution >= 0.6 is 0 Å². The third-order valence-electron chi connectivity index (χ3n) is 1.91. The van der Waals surface area contributed by atoms with E-state index in [9.17, 15) is 9.59 Å². The second kappa shape index (κ2) is 6.36. The molecule has 0 heterocycles. The molecule has 6 nitrogen and oxygen atoms in total. The second-order valence-electron chi connectivity index (χ2n) is 3.54. The van der Waals surface area contributed by atoms with Crippen molar-refractivity contribution in [3.8, 4) is 0 Å². The molecule has 0 bridgehead atoms. The van der Waals surface area contributed by atoms with E-state index in [-0.39, 0.29) is 25.0 Å². The number of hydrogen-bond donors (Lipinski definition) is 1. The molecule has 0 aromatic heterocycles. The molecule has 0 aliphatic heterocycles. The fourth-order valence-electron chi connectivity index (χ4n) is 0.956. The average Bonchev–Trinajstić information content (AvgIpc) is 2.16. The molecular weight excluding hydrogens is 198 g/mol. The lowest BCUT2D eigenvalue weighted by Crippen LogP contribution is -2.47. The van der Waals surface area contributed by atoms with Crippen molar-refractivity contribution in [2.45, 2.75) is 6.04 Å². The fraction of sp³-hybridized carbons (Fsp3) is 0.778. The highest BCUT2D eigenvalue weighted by Crippen LogP contribution is 1.92. The molecule has 0 aliphatic carbocycles. The number of likely N-dealkylation sites (N-methyl/N-ethyl adjacent to an activating group) is 2. The molecule has 6 heteroatoms. The number of ether oxygens (including phenoxy) is 1. The summed E-state index contributed by atoms with van der Waals surface area (Å²) in [7, 11) is 6.28. The molecule has 1 atom stereocenters. The van der Waals surface area contributed by atoms with E-state index in [0.29, 0.717) is 0 Å². The fourth-order valence-corrected chi connectivity index (χ4v) is 0.956. The van der Waals surface area contributed by atoms with Crippen LogP contribution in [0.15, 0.2) is 0 Å². The highest BCUT2D eigenvalue weighted by molar-refractivity contribution is 5.87. The molecule has 0 saturated heterocycles. The molecule has 0 fully saturated rings. The van der Waals surface area contributed by atoms with Gasteiger partial charge in [-0.15, -0.1) is 0 Å². The summed E-state index contributed by atoms with van der Waals surface area (Å²) in [5, 5.41) is 0. The number of amides is 2. The van der Waals surface area contributed by atoms with Gasteiger partial charge < -0.3 is 20.3 Å². The van der Waals surface area contributed by atoms with E-state index in [4.69, 9.17) is 10.5 Å². The molecule has 88 valence electrons. The highest BCUT2D eigenvalue weighted by atomic mass is 16.5. The lowest BCUT2D eigenvalue weighted by molar-refractivity contribution is -0.139. The number of carbonyl (C=O) groups is 2. The molecule has 0 aromatic rings. The zero-order chi connectivity index (χ0) is 12.0. The molecule has 2 amide bonds. The monoisotopic (exact) mass is 217 g/mol. The van der Waals surface area contributed by atoms with Crippen LogP contribution in [-0.4, -0.2) is 69.1 Å². The molecular formula is C9H19N3O3. The first-order chi connectivity index (χ1) is 6.90. The van der Waals surface area contributed by atoms with E-state index in [1.54, 1.807) is 21.1 Å². The van der Waals surface area contributed by atoms with E-state index in [1.807, 2.05) is 0 Å². The van der Waals surface area contributed by atoms with Crippen molar-refractivity contribution in [1.82, 2.24) is 9.80 Å². The Morgan fingerprint density at radius 2 is 1.87 bits per heavy atom. The summed E-state index contributed by atoms with van der Waals surface area (Å²) in [6, 6.07) is -0.713. The van der Waals surface area contributed by atoms with Crippen molar-refractivity contribution in [3.05, 3.63) is 0 Å². The van der Waals surface area contributed by atoms with E-state index in [1.165, 1.54) is 16.9 Å². The van der Waals surface area contributed by atoms with Gasteiger partial charge in [0.05, 0.1) is 13.2 Å². The SMILES string of the molecule is COCC(N)C(=O)N(C)CC(=O)N(C)C. The molecule has 0 spiro atoms. The van der Waals surface area contributed by atoms with Crippen LogP contribution in [0.4, 0.5) is 0 Å². The first-order valence-corrected chi connectivity index (χ1v) is 4.59. The maximum atomic E-state index is 11.5. The smallest absolute Gasteiger partial charge is 0.242 e. The van der Waals surface area contributed by atoms with Gasteiger partial charge in [-0.05, 0) is 0 Å². The first kappa shape index (κ1) is 13.9. The number of carbonyl (C=O) groups excluding carboxylic acids is 2. The summed E-state index contributed by atoms with van der Waals surface area (Å²) in [4.78, 5) is 25.6. The summed E-state index contributed by atoms with van der Waals surface area (Å²) >= 11 is 0. The Labute approximate surface area is 90.0 Å². The Hall–Kier alpha value is -1.14. The van der Waals surface area contributed by atoms with Crippen LogP contribution in [0.1, 0.15) is 0 Å². The zero-order valence-electron chi connectivity index (χ0n) is 9.69. The van der Waals surface area contributed by atoms with Gasteiger partial charge in [0, 0.05) is 28.3 Å². The maximum Gasteiger partial charge on any atom is 0.242 e. The third kappa shape index (κ3) is 4.75. The van der Waals surface area contributed by atoms with E-state index < -0.39 is 6.04 Å². The Balaban J connectivity index is 4.15. The zero-order valence-corrected chi connectivity index (χ0v) is 9.69. The van der Waals surface area contributed by atoms with Gasteiger partial charge >= 0.3 is 0 Å². The predicted octanol–water partition coefficient (Wildman–Crippen LogP) is -1.49. The molecule has 0 aliphatic rings. The lowest BCUT2D eigenvalue weighted by atomic mass is 10.3. The summed E-state index contributed by atoms with van der Waals surface area (Å²) in [5.41, 5.74) is 5.54. The summed E-state index contributed by atoms with van der Waals surface area (Å²) in [6.07, 6.45) is 0. The largest absolute Gasteiger partial charge is 0.383 e. The topological polar surface area (TPSA) is 75.9 Å². The second-order valence-corrected chi connectivity index (χ2v) is 3.54. The Bertz CT molecular complexity index is 231. The van der Waals surface area contributed by atoms with Crippen LogP contribution in [0.2, 0.25) is 0 Å². The molecule has 15 heavy (non-hydrogen) atoms. The highest BCUT2D eigenvalue weighted by Gasteiger charge is 2.20. The van der Waals surface area contributed by atoms with Crippen molar-refractivity contribution in [3.63, 3.8) is 0 Å². The molecule has 0 radical (unpaired) electrons. The van der Waals surface area contributed by atoms with Crippen LogP contribution in [0.3, 0.4) is 0 Å². The Morgan fingerprint density at radius 1 is 1.33 bits per heavy atom. The maximum absolute atomic E-state index is 11.5. The molecule has 1 unspecified atom stereocenters. The molecule has 2 N–H and O–H groups in total. The van der Waals surface area contributed by atoms with E-state index >= 15 is 0 Å². The standard InChI is InChI=1S/C9H19N3O3/c1-11(2)8(13)5-12(3)9(14)7(10)6-15-4/h7H,5-6,10H2,1-4H3. The van der Waals surface area contributed by atoms with E-state index in [0.717, 1.165) is 0 Å². The number of methoxy groups -OCH3 is 1. The Kier molecular flexibility index (Phi) is 5.88. The van der Waals surface area contributed by atoms with Gasteiger partial charge in [-0.2, -0.15) is 0 Å². The number of rotatable bonds is 5. The van der Waals surface area contributed by atoms with Crippen LogP contribution in [0.25, 0.3) is 0 Å². The number of nitrogens with zero attached hydrogens (tertiary/aromatic N) is 2. The Morgan fingerprint density at radius 3 is 2.27 bits per heavy atom. The van der Waals surface area contributed by atoms with Gasteiger partial charge in [0.2, 0.25) is 11.8 Å². The third-order valence-corrected chi connectivity index (χ3v) is 1.91. The van der Waals surface area contributed by atoms with Crippen molar-refractivity contribution in [2.75, 3.05) is 41.4 Å². The normalized spacial score (nSPS) is 12.1. The molecule has 0 saturated carbocycles. The van der Waals surface area contributed by atoms with Gasteiger partial charge in [-0.3, -0.25) is 9.59 Å². The molecule has 0 rings (SSSR count). The van der Waals surface area contributed by atoms with Gasteiger partial charge in [-0.25, -0.2) is 0 Å². The van der Waals surface area contributed by atoms with Gasteiger partial charge in [-0.1, -0.05) is 0 Å². The van der Waals surface area contributed by atoms with Crippen LogP contribution < -0.4 is 5.73 Å². The average molecular weight is 217 g/mol. The van der Waals surface area contributed by atoms with Crippen molar-refractivity contribution in [1.29, 1.82) is 0 Å². The number of hydrogen-bond acceptors (Lipinski definition) is 4. The van der Waals surface area contributed by atoms with Crippen molar-refractivity contribution < 1.29 is 14.3 Å². The number of nitrogens with two attached hydrogens (primary N) is 1. The van der Waals surface area contributed by atoms with E-state index in [2.05, 4.69) is 0 Å². The van der Waals surface area contributed by atoms with Crippen molar-refractivity contribution >= 4 is 11.8 Å². The van der Waals surface area contributed by atoms with Crippen molar-refractivity contribution in [2.24, 2.45) is 5.73 Å². The lowest BCUT2D eigenvalue weighted by Gasteiger charge is -2.22. The van der Waals surface area contributed by atoms with Gasteiger partial charge in [0.15, 0.2) is 0 Å². The van der Waals surface area contributed by atoms with Gasteiger partial charge in [0.25, 0.3) is 0 Å². The van der Waals surface area contributed by atoms with Crippen LogP contribution in [-0.2, 0) is 14.3 Å².